The molecule has 0 bridgehead atoms. The van der Waals surface area contributed by atoms with Crippen molar-refractivity contribution in [3.63, 3.8) is 0 Å². The number of aromatic nitrogens is 2. The summed E-state index contributed by atoms with van der Waals surface area (Å²) in [6, 6.07) is 2.19. The van der Waals surface area contributed by atoms with Crippen LogP contribution >= 0.6 is 11.6 Å². The maximum absolute atomic E-state index is 14.5. The second kappa shape index (κ2) is 11.2. The predicted molar refractivity (Wildman–Crippen MR) is 126 cm³/mol. The summed E-state index contributed by atoms with van der Waals surface area (Å²) < 4.78 is 41.3. The number of carbonyl (C=O) groups excluding carboxylic acids is 2. The quantitative estimate of drug-likeness (QED) is 0.401. The van der Waals surface area contributed by atoms with E-state index in [1.165, 1.54) is 12.1 Å². The molecule has 3 rings (SSSR count). The number of benzene rings is 1. The van der Waals surface area contributed by atoms with Gasteiger partial charge in [-0.25, -0.2) is 22.6 Å². The Morgan fingerprint density at radius 1 is 1.29 bits per heavy atom. The summed E-state index contributed by atoms with van der Waals surface area (Å²) in [6.07, 6.45) is 5.94. The monoisotopic (exact) mass is 514 g/mol. The normalized spacial score (nSPS) is 18.4. The molecule has 1 aliphatic rings. The molecule has 0 aliphatic heterocycles. The molecule has 0 saturated heterocycles. The number of halogens is 2. The molecule has 0 spiro atoms. The molecule has 0 unspecified atom stereocenters. The van der Waals surface area contributed by atoms with E-state index < -0.39 is 27.3 Å². The first kappa shape index (κ1) is 25.9. The van der Waals surface area contributed by atoms with Gasteiger partial charge in [-0.05, 0) is 44.2 Å². The summed E-state index contributed by atoms with van der Waals surface area (Å²) in [6.45, 7) is 2.31. The number of nitrogens with zero attached hydrogens (tertiary/aromatic N) is 2. The molecule has 1 aliphatic carbocycles. The molecule has 1 fully saturated rings. The van der Waals surface area contributed by atoms with Crippen molar-refractivity contribution in [3.05, 3.63) is 41.1 Å². The molecule has 4 N–H and O–H groups in total. The van der Waals surface area contributed by atoms with Gasteiger partial charge in [-0.2, -0.15) is 0 Å². The fourth-order valence-corrected chi connectivity index (χ4v) is 5.45. The molecule has 2 aromatic rings. The van der Waals surface area contributed by atoms with Gasteiger partial charge in [-0.3, -0.25) is 10.2 Å². The van der Waals surface area contributed by atoms with Gasteiger partial charge in [0.05, 0.1) is 28.4 Å². The number of imidazole rings is 1. The van der Waals surface area contributed by atoms with Crippen LogP contribution in [-0.2, 0) is 17.1 Å². The Morgan fingerprint density at radius 3 is 2.74 bits per heavy atom. The number of hydrogen-bond donors (Lipinski definition) is 4. The number of nitrogens with one attached hydrogen (secondary N) is 4. The summed E-state index contributed by atoms with van der Waals surface area (Å²) in [7, 11) is -2.15. The van der Waals surface area contributed by atoms with E-state index in [1.54, 1.807) is 24.1 Å². The molecule has 10 nitrogen and oxygen atoms in total. The summed E-state index contributed by atoms with van der Waals surface area (Å²) in [5.41, 5.74) is 2.53. The van der Waals surface area contributed by atoms with Crippen molar-refractivity contribution in [2.45, 2.75) is 38.6 Å². The number of hydrogen-bond acceptors (Lipinski definition) is 5. The minimum atomic E-state index is -3.91. The number of carbonyl (C=O) groups is 2. The van der Waals surface area contributed by atoms with Crippen LogP contribution in [0.4, 0.5) is 9.18 Å². The van der Waals surface area contributed by atoms with E-state index in [2.05, 4.69) is 21.0 Å². The number of amides is 3. The average Bonchev–Trinajstić information content (AvgIpc) is 3.20. The van der Waals surface area contributed by atoms with E-state index in [-0.39, 0.29) is 28.8 Å². The van der Waals surface area contributed by atoms with Crippen molar-refractivity contribution in [1.29, 1.82) is 0 Å². The van der Waals surface area contributed by atoms with E-state index in [4.69, 9.17) is 11.6 Å². The Morgan fingerprint density at radius 2 is 2.06 bits per heavy atom. The highest BCUT2D eigenvalue weighted by Gasteiger charge is 2.28. The van der Waals surface area contributed by atoms with Crippen LogP contribution in [0.1, 0.15) is 43.0 Å². The lowest BCUT2D eigenvalue weighted by molar-refractivity contribution is 0.0941. The van der Waals surface area contributed by atoms with Crippen molar-refractivity contribution < 1.29 is 22.4 Å². The summed E-state index contributed by atoms with van der Waals surface area (Å²) in [5.74, 6) is -2.39. The van der Waals surface area contributed by atoms with Crippen LogP contribution in [0.2, 0.25) is 5.02 Å². The first-order valence-electron chi connectivity index (χ1n) is 10.9. The highest BCUT2D eigenvalue weighted by Crippen LogP contribution is 2.27. The van der Waals surface area contributed by atoms with Crippen LogP contribution < -0.4 is 20.9 Å². The number of rotatable bonds is 8. The third kappa shape index (κ3) is 6.90. The van der Waals surface area contributed by atoms with Crippen molar-refractivity contribution in [3.8, 4) is 11.3 Å². The lowest BCUT2D eigenvalue weighted by Gasteiger charge is -2.29. The van der Waals surface area contributed by atoms with Crippen LogP contribution in [0.3, 0.4) is 0 Å². The molecule has 1 aromatic heterocycles. The summed E-state index contributed by atoms with van der Waals surface area (Å²) in [5, 5.41) is 5.21. The lowest BCUT2D eigenvalue weighted by Crippen LogP contribution is -2.47. The molecule has 34 heavy (non-hydrogen) atoms. The van der Waals surface area contributed by atoms with E-state index in [0.29, 0.717) is 30.6 Å². The van der Waals surface area contributed by atoms with Gasteiger partial charge in [0.15, 0.2) is 5.82 Å². The molecular formula is C21H28ClFN6O4S. The van der Waals surface area contributed by atoms with Crippen molar-refractivity contribution in [2.75, 3.05) is 12.3 Å². The minimum Gasteiger partial charge on any atom is -0.340 e. The average molecular weight is 515 g/mol. The van der Waals surface area contributed by atoms with Gasteiger partial charge < -0.3 is 15.2 Å². The van der Waals surface area contributed by atoms with Gasteiger partial charge in [-0.1, -0.05) is 18.0 Å². The molecule has 13 heteroatoms. The topological polar surface area (TPSA) is 134 Å². The Hall–Kier alpha value is -2.70. The molecule has 0 radical (unpaired) electrons. The second-order valence-corrected chi connectivity index (χ2v) is 10.5. The standard InChI is InChI=1S/C21H28ClFN6O4S/c1-3-24-21(31)26-15-6-4-5-13(7-15)11-34(32,33)28-27-20(30)16-8-14(9-17(22)19(16)23)18-10-29(2)12-25-18/h8-10,12-13,15,28H,3-7,11H2,1-2H3,(H,27,30)(H2,24,26,31)/t13-,15+/m1/s1. The third-order valence-corrected chi connectivity index (χ3v) is 7.10. The Labute approximate surface area is 202 Å². The van der Waals surface area contributed by atoms with E-state index >= 15 is 0 Å². The van der Waals surface area contributed by atoms with Crippen molar-refractivity contribution >= 4 is 33.6 Å². The van der Waals surface area contributed by atoms with Gasteiger partial charge in [0, 0.05) is 31.4 Å². The highest BCUT2D eigenvalue weighted by atomic mass is 35.5. The molecule has 1 heterocycles. The summed E-state index contributed by atoms with van der Waals surface area (Å²) in [4.78, 5) is 30.5. The Kier molecular flexibility index (Phi) is 8.50. The molecule has 3 amide bonds. The zero-order chi connectivity index (χ0) is 24.9. The van der Waals surface area contributed by atoms with Crippen LogP contribution in [0.15, 0.2) is 24.7 Å². The summed E-state index contributed by atoms with van der Waals surface area (Å²) >= 11 is 5.95. The molecular weight excluding hydrogens is 487 g/mol. The Balaban J connectivity index is 1.61. The van der Waals surface area contributed by atoms with Gasteiger partial charge in [0.25, 0.3) is 5.91 Å². The lowest BCUT2D eigenvalue weighted by atomic mass is 9.87. The van der Waals surface area contributed by atoms with Gasteiger partial charge in [0.1, 0.15) is 0 Å². The fourth-order valence-electron chi connectivity index (χ4n) is 3.98. The number of urea groups is 1. The first-order chi connectivity index (χ1) is 16.1. The highest BCUT2D eigenvalue weighted by molar-refractivity contribution is 7.89. The minimum absolute atomic E-state index is 0.124. The van der Waals surface area contributed by atoms with Crippen LogP contribution in [0, 0.1) is 11.7 Å². The van der Waals surface area contributed by atoms with E-state index in [1.807, 2.05) is 11.8 Å². The Bertz CT molecular complexity index is 1160. The van der Waals surface area contributed by atoms with Gasteiger partial charge in [-0.15, -0.1) is 4.83 Å². The zero-order valence-corrected chi connectivity index (χ0v) is 20.5. The van der Waals surface area contributed by atoms with Crippen LogP contribution in [0.25, 0.3) is 11.3 Å². The predicted octanol–water partition coefficient (Wildman–Crippen LogP) is 2.32. The third-order valence-electron chi connectivity index (χ3n) is 5.50. The molecule has 186 valence electrons. The SMILES string of the molecule is CCNC(=O)N[C@H]1CCC[C@@H](CS(=O)(=O)NNC(=O)c2cc(-c3cn(C)cn3)cc(Cl)c2F)C1. The largest absolute Gasteiger partial charge is 0.340 e. The first-order valence-corrected chi connectivity index (χ1v) is 12.9. The number of aryl methyl sites for hydroxylation is 1. The molecule has 2 atom stereocenters. The maximum atomic E-state index is 14.5. The van der Waals surface area contributed by atoms with Gasteiger partial charge >= 0.3 is 6.03 Å². The number of sulfonamides is 1. The smallest absolute Gasteiger partial charge is 0.314 e. The molecule has 1 aromatic carbocycles. The molecule has 1 saturated carbocycles. The maximum Gasteiger partial charge on any atom is 0.314 e. The van der Waals surface area contributed by atoms with E-state index in [9.17, 15) is 22.4 Å². The van der Waals surface area contributed by atoms with Gasteiger partial charge in [0.2, 0.25) is 10.0 Å². The van der Waals surface area contributed by atoms with Crippen molar-refractivity contribution in [1.82, 2.24) is 30.4 Å². The second-order valence-electron chi connectivity index (χ2n) is 8.31. The van der Waals surface area contributed by atoms with Crippen LogP contribution in [0.5, 0.6) is 0 Å². The number of hydrazine groups is 1. The van der Waals surface area contributed by atoms with E-state index in [0.717, 1.165) is 12.8 Å². The fraction of sp³-hybridized carbons (Fsp3) is 0.476. The van der Waals surface area contributed by atoms with Crippen LogP contribution in [-0.4, -0.2) is 48.2 Å². The zero-order valence-electron chi connectivity index (χ0n) is 18.9. The van der Waals surface area contributed by atoms with Crippen molar-refractivity contribution in [2.24, 2.45) is 13.0 Å².